The average Bonchev–Trinajstić information content (AvgIpc) is 3.08. The molecule has 1 saturated heterocycles. The van der Waals surface area contributed by atoms with Crippen molar-refractivity contribution in [3.05, 3.63) is 70.1 Å². The maximum atomic E-state index is 12.7. The molecule has 0 bridgehead atoms. The molecular weight excluding hydrogens is 388 g/mol. The number of carbonyl (C=O) groups is 1. The van der Waals surface area contributed by atoms with E-state index in [1.54, 1.807) is 9.13 Å². The van der Waals surface area contributed by atoms with Crippen LogP contribution in [0.15, 0.2) is 53.3 Å². The number of para-hydroxylation sites is 2. The predicted molar refractivity (Wildman–Crippen MR) is 124 cm³/mol. The number of imidazole rings is 1. The molecule has 0 atom stereocenters. The topological polar surface area (TPSA) is 59.3 Å². The minimum Gasteiger partial charge on any atom is -0.352 e. The van der Waals surface area contributed by atoms with Gasteiger partial charge in [0.15, 0.2) is 0 Å². The number of carbonyl (C=O) groups excluding carboxylic acids is 1. The number of likely N-dealkylation sites (tertiary alicyclic amines) is 1. The van der Waals surface area contributed by atoms with Gasteiger partial charge in [-0.05, 0) is 56.1 Å². The van der Waals surface area contributed by atoms with Gasteiger partial charge in [-0.15, -0.1) is 0 Å². The van der Waals surface area contributed by atoms with E-state index < -0.39 is 0 Å². The van der Waals surface area contributed by atoms with Crippen molar-refractivity contribution in [3.8, 4) is 0 Å². The van der Waals surface area contributed by atoms with Gasteiger partial charge in [0.05, 0.1) is 11.0 Å². The summed E-state index contributed by atoms with van der Waals surface area (Å²) in [5.41, 5.74) is 4.20. The van der Waals surface area contributed by atoms with Crippen molar-refractivity contribution in [2.45, 2.75) is 58.8 Å². The molecule has 6 nitrogen and oxygen atoms in total. The van der Waals surface area contributed by atoms with Gasteiger partial charge in [0.1, 0.15) is 0 Å². The SMILES string of the molecule is CCn1c(=O)n(CCC(=O)NCc2ccccc2CN2CCCCC2)c2ccccc21. The zero-order chi connectivity index (χ0) is 21.6. The quantitative estimate of drug-likeness (QED) is 0.607. The maximum Gasteiger partial charge on any atom is 0.329 e. The second kappa shape index (κ2) is 9.96. The van der Waals surface area contributed by atoms with Gasteiger partial charge >= 0.3 is 5.69 Å². The summed E-state index contributed by atoms with van der Waals surface area (Å²) in [6.07, 6.45) is 4.15. The number of nitrogens with one attached hydrogen (secondary N) is 1. The standard InChI is InChI=1S/C25H32N4O2/c1-2-28-22-12-6-7-13-23(22)29(25(28)31)17-14-24(30)26-18-20-10-4-5-11-21(20)19-27-15-8-3-9-16-27/h4-7,10-13H,2-3,8-9,14-19H2,1H3,(H,26,30). The van der Waals surface area contributed by atoms with Gasteiger partial charge < -0.3 is 5.32 Å². The van der Waals surface area contributed by atoms with Crippen LogP contribution in [-0.4, -0.2) is 33.0 Å². The predicted octanol–water partition coefficient (Wildman–Crippen LogP) is 3.52. The highest BCUT2D eigenvalue weighted by atomic mass is 16.2. The lowest BCUT2D eigenvalue weighted by Crippen LogP contribution is -2.30. The molecular formula is C25H32N4O2. The van der Waals surface area contributed by atoms with Gasteiger partial charge in [0, 0.05) is 32.6 Å². The van der Waals surface area contributed by atoms with Gasteiger partial charge in [0.25, 0.3) is 0 Å². The molecule has 1 N–H and O–H groups in total. The van der Waals surface area contributed by atoms with E-state index in [1.807, 2.05) is 37.3 Å². The Morgan fingerprint density at radius 1 is 0.903 bits per heavy atom. The van der Waals surface area contributed by atoms with Gasteiger partial charge in [-0.1, -0.05) is 42.8 Å². The Morgan fingerprint density at radius 3 is 2.26 bits per heavy atom. The number of rotatable bonds is 8. The second-order valence-electron chi connectivity index (χ2n) is 8.30. The summed E-state index contributed by atoms with van der Waals surface area (Å²) in [6.45, 7) is 6.74. The first-order valence-corrected chi connectivity index (χ1v) is 11.4. The molecule has 4 rings (SSSR count). The lowest BCUT2D eigenvalue weighted by molar-refractivity contribution is -0.121. The third kappa shape index (κ3) is 4.90. The lowest BCUT2D eigenvalue weighted by atomic mass is 10.0. The largest absolute Gasteiger partial charge is 0.352 e. The highest BCUT2D eigenvalue weighted by Gasteiger charge is 2.14. The highest BCUT2D eigenvalue weighted by molar-refractivity contribution is 5.78. The minimum atomic E-state index is -0.0524. The van der Waals surface area contributed by atoms with Crippen molar-refractivity contribution in [3.63, 3.8) is 0 Å². The van der Waals surface area contributed by atoms with Crippen molar-refractivity contribution in [1.82, 2.24) is 19.4 Å². The van der Waals surface area contributed by atoms with E-state index in [0.717, 1.165) is 30.7 Å². The van der Waals surface area contributed by atoms with Crippen molar-refractivity contribution < 1.29 is 4.79 Å². The molecule has 1 amide bonds. The van der Waals surface area contributed by atoms with Gasteiger partial charge in [-0.25, -0.2) is 4.79 Å². The van der Waals surface area contributed by atoms with E-state index in [2.05, 4.69) is 28.4 Å². The highest BCUT2D eigenvalue weighted by Crippen LogP contribution is 2.16. The molecule has 1 aromatic heterocycles. The molecule has 2 heterocycles. The zero-order valence-corrected chi connectivity index (χ0v) is 18.3. The Hall–Kier alpha value is -2.86. The second-order valence-corrected chi connectivity index (χ2v) is 8.30. The summed E-state index contributed by atoms with van der Waals surface area (Å²) >= 11 is 0. The van der Waals surface area contributed by atoms with Crippen LogP contribution in [-0.2, 0) is 31.0 Å². The van der Waals surface area contributed by atoms with Crippen LogP contribution in [0.5, 0.6) is 0 Å². The van der Waals surface area contributed by atoms with Crippen LogP contribution in [0.3, 0.4) is 0 Å². The first-order chi connectivity index (χ1) is 15.2. The molecule has 1 aliphatic rings. The van der Waals surface area contributed by atoms with Crippen LogP contribution in [0.25, 0.3) is 11.0 Å². The van der Waals surface area contributed by atoms with Crippen LogP contribution < -0.4 is 11.0 Å². The number of nitrogens with zero attached hydrogens (tertiary/aromatic N) is 3. The summed E-state index contributed by atoms with van der Waals surface area (Å²) in [5, 5.41) is 3.06. The molecule has 0 unspecified atom stereocenters. The van der Waals surface area contributed by atoms with Crippen molar-refractivity contribution in [2.24, 2.45) is 0 Å². The van der Waals surface area contributed by atoms with Crippen LogP contribution in [0, 0.1) is 0 Å². The molecule has 31 heavy (non-hydrogen) atoms. The summed E-state index contributed by atoms with van der Waals surface area (Å²) in [5.74, 6) is -0.0343. The van der Waals surface area contributed by atoms with Crippen molar-refractivity contribution >= 4 is 16.9 Å². The maximum absolute atomic E-state index is 12.7. The first-order valence-electron chi connectivity index (χ1n) is 11.4. The van der Waals surface area contributed by atoms with E-state index >= 15 is 0 Å². The van der Waals surface area contributed by atoms with E-state index in [-0.39, 0.29) is 18.0 Å². The Bertz CT molecular complexity index is 1090. The summed E-state index contributed by atoms with van der Waals surface area (Å²) in [6, 6.07) is 16.1. The molecule has 164 valence electrons. The Kier molecular flexibility index (Phi) is 6.87. The summed E-state index contributed by atoms with van der Waals surface area (Å²) in [7, 11) is 0. The number of hydrogen-bond acceptors (Lipinski definition) is 3. The van der Waals surface area contributed by atoms with Gasteiger partial charge in [0.2, 0.25) is 5.91 Å². The van der Waals surface area contributed by atoms with Crippen LogP contribution >= 0.6 is 0 Å². The number of hydrogen-bond donors (Lipinski definition) is 1. The van der Waals surface area contributed by atoms with Crippen LogP contribution in [0.1, 0.15) is 43.7 Å². The molecule has 0 radical (unpaired) electrons. The summed E-state index contributed by atoms with van der Waals surface area (Å²) < 4.78 is 3.47. The number of aromatic nitrogens is 2. The molecule has 1 aliphatic heterocycles. The number of aryl methyl sites for hydroxylation is 2. The van der Waals surface area contributed by atoms with Gasteiger partial charge in [-0.3, -0.25) is 18.8 Å². The third-order valence-corrected chi connectivity index (χ3v) is 6.24. The fourth-order valence-corrected chi connectivity index (χ4v) is 4.53. The number of amides is 1. The average molecular weight is 421 g/mol. The molecule has 0 aliphatic carbocycles. The van der Waals surface area contributed by atoms with Crippen LogP contribution in [0.2, 0.25) is 0 Å². The molecule has 6 heteroatoms. The van der Waals surface area contributed by atoms with E-state index in [1.165, 1.54) is 30.4 Å². The molecule has 3 aromatic rings. The molecule has 1 fully saturated rings. The zero-order valence-electron chi connectivity index (χ0n) is 18.3. The normalized spacial score (nSPS) is 14.7. The van der Waals surface area contributed by atoms with Crippen molar-refractivity contribution in [1.29, 1.82) is 0 Å². The lowest BCUT2D eigenvalue weighted by Gasteiger charge is -2.27. The number of piperidine rings is 1. The van der Waals surface area contributed by atoms with Gasteiger partial charge in [-0.2, -0.15) is 0 Å². The molecule has 0 saturated carbocycles. The minimum absolute atomic E-state index is 0.0343. The Labute approximate surface area is 183 Å². The Morgan fingerprint density at radius 2 is 1.55 bits per heavy atom. The fraction of sp³-hybridized carbons (Fsp3) is 0.440. The van der Waals surface area contributed by atoms with E-state index in [9.17, 15) is 9.59 Å². The smallest absolute Gasteiger partial charge is 0.329 e. The van der Waals surface area contributed by atoms with E-state index in [4.69, 9.17) is 0 Å². The number of fused-ring (bicyclic) bond motifs is 1. The Balaban J connectivity index is 1.37. The summed E-state index contributed by atoms with van der Waals surface area (Å²) in [4.78, 5) is 27.8. The first kappa shape index (κ1) is 21.4. The number of benzene rings is 2. The monoisotopic (exact) mass is 420 g/mol. The van der Waals surface area contributed by atoms with Crippen LogP contribution in [0.4, 0.5) is 0 Å². The van der Waals surface area contributed by atoms with Crippen molar-refractivity contribution in [2.75, 3.05) is 13.1 Å². The van der Waals surface area contributed by atoms with E-state index in [0.29, 0.717) is 19.6 Å². The molecule has 2 aromatic carbocycles. The fourth-order valence-electron chi connectivity index (χ4n) is 4.53. The third-order valence-electron chi connectivity index (χ3n) is 6.24. The molecule has 0 spiro atoms.